The molecule has 0 spiro atoms. The van der Waals surface area contributed by atoms with Crippen molar-refractivity contribution < 1.29 is 28.9 Å². The number of anilines is 1. The first-order valence-electron chi connectivity index (χ1n) is 13.0. The van der Waals surface area contributed by atoms with Crippen molar-refractivity contribution in [1.82, 2.24) is 29.5 Å². The van der Waals surface area contributed by atoms with Gasteiger partial charge in [-0.1, -0.05) is 5.16 Å². The van der Waals surface area contributed by atoms with Crippen LogP contribution in [0.4, 0.5) is 5.13 Å². The van der Waals surface area contributed by atoms with Gasteiger partial charge in [0, 0.05) is 47.7 Å². The molecule has 0 radical (unpaired) electrons. The summed E-state index contributed by atoms with van der Waals surface area (Å²) in [6.45, 7) is 3.97. The average molecular weight is 601 g/mol. The molecule has 2 amide bonds. The Morgan fingerprint density at radius 3 is 2.90 bits per heavy atom. The fourth-order valence-corrected chi connectivity index (χ4v) is 6.61. The van der Waals surface area contributed by atoms with Crippen LogP contribution in [0.1, 0.15) is 19.2 Å². The van der Waals surface area contributed by atoms with E-state index in [-0.39, 0.29) is 29.0 Å². The molecule has 5 rings (SSSR count). The molecule has 0 bridgehead atoms. The van der Waals surface area contributed by atoms with Gasteiger partial charge in [0.2, 0.25) is 17.1 Å². The van der Waals surface area contributed by atoms with E-state index in [4.69, 9.17) is 10.6 Å². The number of β-lactam (4-membered cyclic amide) rings is 1. The van der Waals surface area contributed by atoms with E-state index in [9.17, 15) is 19.5 Å². The Hall–Kier alpha value is -4.02. The van der Waals surface area contributed by atoms with Crippen LogP contribution in [0.3, 0.4) is 0 Å². The summed E-state index contributed by atoms with van der Waals surface area (Å²) in [5.74, 6) is -2.08. The molecule has 2 aliphatic rings. The van der Waals surface area contributed by atoms with E-state index < -0.39 is 29.2 Å². The minimum absolute atomic E-state index is 0.0196. The normalized spacial score (nSPS) is 18.8. The summed E-state index contributed by atoms with van der Waals surface area (Å²) in [4.78, 5) is 49.0. The molecule has 41 heavy (non-hydrogen) atoms. The summed E-state index contributed by atoms with van der Waals surface area (Å²) in [6.07, 6.45) is 4.91. The van der Waals surface area contributed by atoms with Gasteiger partial charge in [0.25, 0.3) is 11.8 Å². The summed E-state index contributed by atoms with van der Waals surface area (Å²) in [7, 11) is 1.92. The summed E-state index contributed by atoms with van der Waals surface area (Å²) in [5, 5.41) is 19.3. The Kier molecular flexibility index (Phi) is 8.51. The molecule has 3 aromatic rings. The Balaban J connectivity index is 1.35. The number of carbonyl (C=O) groups excluding carboxylic acids is 2. The van der Waals surface area contributed by atoms with Crippen LogP contribution in [-0.2, 0) is 32.3 Å². The summed E-state index contributed by atoms with van der Waals surface area (Å²) in [5.41, 5.74) is 8.00. The second-order valence-electron chi connectivity index (χ2n) is 9.30. The number of hydrogen-bond acceptors (Lipinski definition) is 11. The number of aryl methyl sites for hydroxylation is 1. The number of carboxylic acids is 1. The number of nitrogens with two attached hydrogens (primary N) is 1. The Labute approximate surface area is 243 Å². The molecule has 2 aliphatic heterocycles. The number of pyridine rings is 1. The minimum atomic E-state index is -1.19. The van der Waals surface area contributed by atoms with Crippen molar-refractivity contribution in [2.45, 2.75) is 37.8 Å². The number of carbonyl (C=O) groups is 3. The first-order valence-corrected chi connectivity index (χ1v) is 14.8. The van der Waals surface area contributed by atoms with E-state index in [0.29, 0.717) is 17.9 Å². The van der Waals surface area contributed by atoms with E-state index in [0.717, 1.165) is 42.1 Å². The maximum atomic E-state index is 13.2. The van der Waals surface area contributed by atoms with Gasteiger partial charge < -0.3 is 30.9 Å². The number of hydrogen-bond donors (Lipinski definition) is 4. The van der Waals surface area contributed by atoms with Crippen molar-refractivity contribution in [3.8, 4) is 0 Å². The van der Waals surface area contributed by atoms with Crippen LogP contribution >= 0.6 is 23.3 Å². The number of amides is 2. The largest absolute Gasteiger partial charge is 0.477 e. The molecule has 2 unspecified atom stereocenters. The van der Waals surface area contributed by atoms with Crippen LogP contribution in [0, 0.1) is 0 Å². The molecule has 14 nitrogen and oxygen atoms in total. The molecule has 3 aromatic heterocycles. The second kappa shape index (κ2) is 12.2. The van der Waals surface area contributed by atoms with E-state index in [1.165, 1.54) is 16.7 Å². The molecule has 5 N–H and O–H groups in total. The molecule has 2 atom stereocenters. The molecular formula is C25H30N9O5S2+. The number of nitrogens with one attached hydrogen (secondary N) is 2. The lowest BCUT2D eigenvalue weighted by molar-refractivity contribution is -0.663. The van der Waals surface area contributed by atoms with Crippen LogP contribution in [0.25, 0.3) is 11.0 Å². The minimum Gasteiger partial charge on any atom is -0.477 e. The maximum absolute atomic E-state index is 13.2. The molecule has 16 heteroatoms. The molecule has 0 aliphatic carbocycles. The number of nitrogens with zero attached hydrogens (tertiary/aromatic N) is 6. The highest BCUT2D eigenvalue weighted by Crippen LogP contribution is 2.40. The van der Waals surface area contributed by atoms with Gasteiger partial charge in [0.15, 0.2) is 17.9 Å². The lowest BCUT2D eigenvalue weighted by atomic mass is 10.0. The number of nitrogen functional groups attached to an aromatic ring is 1. The average Bonchev–Trinajstić information content (AvgIpc) is 3.58. The van der Waals surface area contributed by atoms with E-state index in [1.54, 1.807) is 6.92 Å². The van der Waals surface area contributed by atoms with Crippen LogP contribution in [0.2, 0.25) is 0 Å². The van der Waals surface area contributed by atoms with Gasteiger partial charge in [0.05, 0.1) is 0 Å². The highest BCUT2D eigenvalue weighted by atomic mass is 32.2. The number of aliphatic carboxylic acids is 1. The number of aromatic nitrogens is 4. The van der Waals surface area contributed by atoms with Gasteiger partial charge >= 0.3 is 5.97 Å². The molecule has 0 aromatic carbocycles. The van der Waals surface area contributed by atoms with E-state index in [2.05, 4.69) is 29.7 Å². The monoisotopic (exact) mass is 600 g/mol. The van der Waals surface area contributed by atoms with Crippen LogP contribution in [0.5, 0.6) is 0 Å². The van der Waals surface area contributed by atoms with Gasteiger partial charge in [0.1, 0.15) is 29.2 Å². The first kappa shape index (κ1) is 28.5. The fourth-order valence-electron chi connectivity index (χ4n) is 4.84. The van der Waals surface area contributed by atoms with Gasteiger partial charge in [-0.05, 0) is 33.0 Å². The number of rotatable bonds is 12. The zero-order valence-corrected chi connectivity index (χ0v) is 24.1. The molecule has 0 saturated carbocycles. The number of oxime groups is 1. The third-order valence-corrected chi connectivity index (χ3v) is 8.57. The second-order valence-corrected chi connectivity index (χ2v) is 11.2. The Bertz CT molecular complexity index is 1550. The Morgan fingerprint density at radius 1 is 1.37 bits per heavy atom. The van der Waals surface area contributed by atoms with Crippen molar-refractivity contribution in [2.24, 2.45) is 5.16 Å². The van der Waals surface area contributed by atoms with Crippen LogP contribution in [-0.4, -0.2) is 84.8 Å². The zero-order chi connectivity index (χ0) is 29.1. The summed E-state index contributed by atoms with van der Waals surface area (Å²) < 4.78 is 8.18. The van der Waals surface area contributed by atoms with Gasteiger partial charge in [-0.25, -0.2) is 4.79 Å². The van der Waals surface area contributed by atoms with Crippen molar-refractivity contribution in [2.75, 3.05) is 31.7 Å². The summed E-state index contributed by atoms with van der Waals surface area (Å²) >= 11 is 2.29. The number of carboxylic acid groups (broad SMARTS) is 1. The lowest BCUT2D eigenvalue weighted by Gasteiger charge is -2.49. The fraction of sp³-hybridized carbons (Fsp3) is 0.400. The molecule has 1 fully saturated rings. The first-order chi connectivity index (χ1) is 19.8. The Morgan fingerprint density at radius 2 is 2.20 bits per heavy atom. The topological polar surface area (TPSA) is 181 Å². The van der Waals surface area contributed by atoms with Crippen molar-refractivity contribution in [3.05, 3.63) is 47.7 Å². The predicted molar refractivity (Wildman–Crippen MR) is 153 cm³/mol. The van der Waals surface area contributed by atoms with Crippen molar-refractivity contribution in [1.29, 1.82) is 0 Å². The van der Waals surface area contributed by atoms with Crippen LogP contribution < -0.4 is 20.9 Å². The summed E-state index contributed by atoms with van der Waals surface area (Å²) in [6, 6.07) is 5.03. The molecule has 1 saturated heterocycles. The quantitative estimate of drug-likeness (QED) is 0.0735. The highest BCUT2D eigenvalue weighted by molar-refractivity contribution is 8.00. The highest BCUT2D eigenvalue weighted by Gasteiger charge is 2.55. The maximum Gasteiger partial charge on any atom is 0.352 e. The van der Waals surface area contributed by atoms with Crippen LogP contribution in [0.15, 0.2) is 47.0 Å². The molecular weight excluding hydrogens is 570 g/mol. The number of fused-ring (bicyclic) bond motifs is 2. The lowest BCUT2D eigenvalue weighted by Crippen LogP contribution is -2.71. The van der Waals surface area contributed by atoms with Gasteiger partial charge in [-0.15, -0.1) is 11.8 Å². The van der Waals surface area contributed by atoms with E-state index >= 15 is 0 Å². The molecule has 5 heterocycles. The smallest absolute Gasteiger partial charge is 0.352 e. The van der Waals surface area contributed by atoms with Crippen molar-refractivity contribution in [3.63, 3.8) is 0 Å². The third kappa shape index (κ3) is 5.62. The number of thioether (sulfide) groups is 1. The molecule has 216 valence electrons. The SMILES string of the molecule is CCO/N=C(/C(=O)NC1C(=O)N2C(C(=O)O)=C(C[n+]3cccc4c3ccn4CCCNC)CSC12)c1nsc(N)n1. The predicted octanol–water partition coefficient (Wildman–Crippen LogP) is 0.151. The van der Waals surface area contributed by atoms with E-state index in [1.807, 2.05) is 42.2 Å². The standard InChI is InChI=1S/C25H29N9O5S2/c1-3-39-30-17(20-29-25(26)41-31-20)21(35)28-18-22(36)34-19(24(37)38)14(13-40-23(18)34)12-33-9-4-6-15-16(33)7-11-32(15)10-5-8-27-2/h4,6-7,9,11,18,23,27H,3,5,8,10,12-13H2,1-2H3,(H3-,26,28,29,31,35,37,38)/p+1/b30-17+. The zero-order valence-electron chi connectivity index (χ0n) is 22.4. The van der Waals surface area contributed by atoms with Crippen molar-refractivity contribution >= 4 is 63.0 Å². The van der Waals surface area contributed by atoms with Gasteiger partial charge in [-0.2, -0.15) is 13.9 Å². The third-order valence-electron chi connectivity index (χ3n) is 6.69. The van der Waals surface area contributed by atoms with Gasteiger partial charge in [-0.3, -0.25) is 14.5 Å².